The second-order valence-corrected chi connectivity index (χ2v) is 4.16. The summed E-state index contributed by atoms with van der Waals surface area (Å²) < 4.78 is 4.81. The summed E-state index contributed by atoms with van der Waals surface area (Å²) in [5, 5.41) is 0. The van der Waals surface area contributed by atoms with Crippen LogP contribution >= 0.6 is 0 Å². The Labute approximate surface area is 97.4 Å². The van der Waals surface area contributed by atoms with Gasteiger partial charge in [-0.3, -0.25) is 4.90 Å². The van der Waals surface area contributed by atoms with E-state index in [1.807, 2.05) is 13.0 Å². The van der Waals surface area contributed by atoms with E-state index in [9.17, 15) is 4.79 Å². The molecule has 1 atom stereocenters. The van der Waals surface area contributed by atoms with Crippen LogP contribution in [0.15, 0.2) is 12.2 Å². The zero-order valence-corrected chi connectivity index (χ0v) is 10.0. The lowest BCUT2D eigenvalue weighted by molar-refractivity contribution is -0.137. The molecule has 0 aromatic heterocycles. The summed E-state index contributed by atoms with van der Waals surface area (Å²) >= 11 is 0. The van der Waals surface area contributed by atoms with Gasteiger partial charge >= 0.3 is 5.97 Å². The highest BCUT2D eigenvalue weighted by molar-refractivity contribution is 5.81. The standard InChI is InChI=1S/C12H22N2O2/c1-2-16-12(15)6-4-8-14-7-3-5-11(9-13)10-14/h4,6,11H,2-3,5,7-10,13H2,1H3/b6-4+. The molecule has 2 N–H and O–H groups in total. The highest BCUT2D eigenvalue weighted by atomic mass is 16.5. The van der Waals surface area contributed by atoms with E-state index in [-0.39, 0.29) is 5.97 Å². The topological polar surface area (TPSA) is 55.6 Å². The number of piperidine rings is 1. The molecule has 1 fully saturated rings. The lowest BCUT2D eigenvalue weighted by atomic mass is 9.98. The minimum Gasteiger partial charge on any atom is -0.463 e. The van der Waals surface area contributed by atoms with E-state index in [4.69, 9.17) is 10.5 Å². The maximum Gasteiger partial charge on any atom is 0.330 e. The van der Waals surface area contributed by atoms with Crippen molar-refractivity contribution in [2.24, 2.45) is 11.7 Å². The van der Waals surface area contributed by atoms with Gasteiger partial charge in [0.1, 0.15) is 0 Å². The summed E-state index contributed by atoms with van der Waals surface area (Å²) in [5.41, 5.74) is 5.66. The first-order chi connectivity index (χ1) is 7.76. The van der Waals surface area contributed by atoms with Gasteiger partial charge < -0.3 is 10.5 Å². The second-order valence-electron chi connectivity index (χ2n) is 4.16. The average Bonchev–Trinajstić information content (AvgIpc) is 2.30. The minimum absolute atomic E-state index is 0.255. The summed E-state index contributed by atoms with van der Waals surface area (Å²) in [7, 11) is 0. The fourth-order valence-corrected chi connectivity index (χ4v) is 2.00. The Bertz CT molecular complexity index is 241. The molecule has 0 amide bonds. The van der Waals surface area contributed by atoms with Crippen LogP contribution in [0.5, 0.6) is 0 Å². The number of rotatable bonds is 5. The highest BCUT2D eigenvalue weighted by Crippen LogP contribution is 2.14. The van der Waals surface area contributed by atoms with Gasteiger partial charge in [-0.1, -0.05) is 6.08 Å². The quantitative estimate of drug-likeness (QED) is 0.556. The summed E-state index contributed by atoms with van der Waals surface area (Å²) in [6.45, 7) is 5.96. The van der Waals surface area contributed by atoms with Crippen LogP contribution in [0.4, 0.5) is 0 Å². The highest BCUT2D eigenvalue weighted by Gasteiger charge is 2.17. The van der Waals surface area contributed by atoms with Crippen LogP contribution in [-0.4, -0.2) is 43.7 Å². The van der Waals surface area contributed by atoms with Gasteiger partial charge in [-0.15, -0.1) is 0 Å². The summed E-state index contributed by atoms with van der Waals surface area (Å²) in [5.74, 6) is 0.361. The smallest absolute Gasteiger partial charge is 0.330 e. The van der Waals surface area contributed by atoms with Crippen molar-refractivity contribution >= 4 is 5.97 Å². The zero-order valence-electron chi connectivity index (χ0n) is 10.0. The predicted octanol–water partition coefficient (Wildman–Crippen LogP) is 0.776. The van der Waals surface area contributed by atoms with Crippen molar-refractivity contribution < 1.29 is 9.53 Å². The Balaban J connectivity index is 2.23. The first-order valence-corrected chi connectivity index (χ1v) is 6.02. The molecule has 0 radical (unpaired) electrons. The Morgan fingerprint density at radius 2 is 2.44 bits per heavy atom. The zero-order chi connectivity index (χ0) is 11.8. The van der Waals surface area contributed by atoms with Gasteiger partial charge in [0.25, 0.3) is 0 Å². The summed E-state index contributed by atoms with van der Waals surface area (Å²) in [4.78, 5) is 13.4. The first kappa shape index (κ1) is 13.2. The van der Waals surface area contributed by atoms with Gasteiger partial charge in [-0.25, -0.2) is 4.79 Å². The van der Waals surface area contributed by atoms with E-state index >= 15 is 0 Å². The molecule has 1 saturated heterocycles. The first-order valence-electron chi connectivity index (χ1n) is 6.02. The van der Waals surface area contributed by atoms with Crippen LogP contribution < -0.4 is 5.73 Å². The van der Waals surface area contributed by atoms with Crippen molar-refractivity contribution in [2.45, 2.75) is 19.8 Å². The molecule has 1 heterocycles. The van der Waals surface area contributed by atoms with Gasteiger partial charge in [0.15, 0.2) is 0 Å². The largest absolute Gasteiger partial charge is 0.463 e. The van der Waals surface area contributed by atoms with Crippen molar-refractivity contribution in [3.63, 3.8) is 0 Å². The molecule has 0 aromatic carbocycles. The molecule has 1 aliphatic heterocycles. The van der Waals surface area contributed by atoms with Crippen molar-refractivity contribution in [3.8, 4) is 0 Å². The third kappa shape index (κ3) is 4.77. The van der Waals surface area contributed by atoms with Crippen molar-refractivity contribution in [2.75, 3.05) is 32.8 Å². The average molecular weight is 226 g/mol. The molecule has 0 saturated carbocycles. The number of esters is 1. The molecule has 0 aliphatic carbocycles. The number of ether oxygens (including phenoxy) is 1. The third-order valence-electron chi connectivity index (χ3n) is 2.84. The number of carbonyl (C=O) groups excluding carboxylic acids is 1. The summed E-state index contributed by atoms with van der Waals surface area (Å²) in [6, 6.07) is 0. The Morgan fingerprint density at radius 1 is 1.62 bits per heavy atom. The normalized spacial score (nSPS) is 22.5. The predicted molar refractivity (Wildman–Crippen MR) is 64.0 cm³/mol. The van der Waals surface area contributed by atoms with E-state index in [0.717, 1.165) is 26.2 Å². The van der Waals surface area contributed by atoms with Gasteiger partial charge in [0.05, 0.1) is 6.61 Å². The molecule has 0 bridgehead atoms. The molecule has 1 aliphatic rings. The van der Waals surface area contributed by atoms with E-state index in [1.165, 1.54) is 18.9 Å². The van der Waals surface area contributed by atoms with Crippen molar-refractivity contribution in [3.05, 3.63) is 12.2 Å². The molecular weight excluding hydrogens is 204 g/mol. The molecule has 92 valence electrons. The molecular formula is C12H22N2O2. The SMILES string of the molecule is CCOC(=O)/C=C/CN1CCCC(CN)C1. The molecule has 1 unspecified atom stereocenters. The van der Waals surface area contributed by atoms with Gasteiger partial charge in [0.2, 0.25) is 0 Å². The lowest BCUT2D eigenvalue weighted by Crippen LogP contribution is -2.38. The van der Waals surface area contributed by atoms with Crippen LogP contribution in [0.2, 0.25) is 0 Å². The Kier molecular flexibility index (Phi) is 6.11. The van der Waals surface area contributed by atoms with Crippen LogP contribution in [0, 0.1) is 5.92 Å². The van der Waals surface area contributed by atoms with Crippen LogP contribution in [0.1, 0.15) is 19.8 Å². The molecule has 4 heteroatoms. The minimum atomic E-state index is -0.255. The number of likely N-dealkylation sites (tertiary alicyclic amines) is 1. The maximum atomic E-state index is 11.1. The van der Waals surface area contributed by atoms with Gasteiger partial charge in [-0.05, 0) is 38.8 Å². The Hall–Kier alpha value is -0.870. The van der Waals surface area contributed by atoms with E-state index in [2.05, 4.69) is 4.90 Å². The van der Waals surface area contributed by atoms with Crippen LogP contribution in [0.3, 0.4) is 0 Å². The van der Waals surface area contributed by atoms with Crippen LogP contribution in [0.25, 0.3) is 0 Å². The van der Waals surface area contributed by atoms with Crippen molar-refractivity contribution in [1.82, 2.24) is 4.90 Å². The van der Waals surface area contributed by atoms with E-state index < -0.39 is 0 Å². The van der Waals surface area contributed by atoms with Crippen molar-refractivity contribution in [1.29, 1.82) is 0 Å². The third-order valence-corrected chi connectivity index (χ3v) is 2.84. The maximum absolute atomic E-state index is 11.1. The fourth-order valence-electron chi connectivity index (χ4n) is 2.00. The second kappa shape index (κ2) is 7.41. The number of hydrogen-bond acceptors (Lipinski definition) is 4. The molecule has 16 heavy (non-hydrogen) atoms. The number of carbonyl (C=O) groups is 1. The molecule has 4 nitrogen and oxygen atoms in total. The Morgan fingerprint density at radius 3 is 3.12 bits per heavy atom. The lowest BCUT2D eigenvalue weighted by Gasteiger charge is -2.31. The molecule has 1 rings (SSSR count). The van der Waals surface area contributed by atoms with E-state index in [1.54, 1.807) is 0 Å². The van der Waals surface area contributed by atoms with E-state index in [0.29, 0.717) is 12.5 Å². The monoisotopic (exact) mass is 226 g/mol. The van der Waals surface area contributed by atoms with Crippen LogP contribution in [-0.2, 0) is 9.53 Å². The molecule has 0 spiro atoms. The fraction of sp³-hybridized carbons (Fsp3) is 0.750. The number of nitrogens with two attached hydrogens (primary N) is 1. The molecule has 0 aromatic rings. The summed E-state index contributed by atoms with van der Waals surface area (Å²) in [6.07, 6.45) is 5.82. The number of hydrogen-bond donors (Lipinski definition) is 1. The van der Waals surface area contributed by atoms with Gasteiger partial charge in [-0.2, -0.15) is 0 Å². The van der Waals surface area contributed by atoms with Gasteiger partial charge in [0, 0.05) is 19.2 Å². The number of nitrogens with zero attached hydrogens (tertiary/aromatic N) is 1.